The average Bonchev–Trinajstić information content (AvgIpc) is 2.89. The third-order valence-corrected chi connectivity index (χ3v) is 7.75. The van der Waals surface area contributed by atoms with Gasteiger partial charge in [0.1, 0.15) is 18.4 Å². The van der Waals surface area contributed by atoms with E-state index in [1.165, 1.54) is 36.2 Å². The molecule has 0 fully saturated rings. The van der Waals surface area contributed by atoms with Crippen LogP contribution in [0.4, 0.5) is 10.1 Å². The lowest BCUT2D eigenvalue weighted by atomic mass is 10.1. The van der Waals surface area contributed by atoms with Gasteiger partial charge in [0.2, 0.25) is 11.8 Å². The van der Waals surface area contributed by atoms with Crippen LogP contribution in [-0.2, 0) is 26.2 Å². The van der Waals surface area contributed by atoms with Crippen molar-refractivity contribution in [3.63, 3.8) is 0 Å². The largest absolute Gasteiger partial charge is 0.357 e. The fourth-order valence-corrected chi connectivity index (χ4v) is 5.35. The summed E-state index contributed by atoms with van der Waals surface area (Å²) in [6, 6.07) is 19.3. The molecule has 3 rings (SSSR count). The molecule has 190 valence electrons. The van der Waals surface area contributed by atoms with Gasteiger partial charge in [-0.25, -0.2) is 12.8 Å². The fourth-order valence-electron chi connectivity index (χ4n) is 3.91. The molecule has 0 aliphatic carbocycles. The summed E-state index contributed by atoms with van der Waals surface area (Å²) >= 11 is 0. The molecule has 0 saturated carbocycles. The standard InChI is InChI=1S/C27H30FN3O4S/c1-4-25(27(33)29-3)30(18-21-11-9-8-10-20(21)2)26(32)19-31(23-16-14-22(28)15-17-23)36(34,35)24-12-6-5-7-13-24/h5-17,25H,4,18-19H2,1-3H3,(H,29,33)/t25-/m1/s1. The summed E-state index contributed by atoms with van der Waals surface area (Å²) in [4.78, 5) is 27.9. The summed E-state index contributed by atoms with van der Waals surface area (Å²) in [7, 11) is -2.68. The minimum Gasteiger partial charge on any atom is -0.357 e. The van der Waals surface area contributed by atoms with Crippen molar-refractivity contribution in [1.82, 2.24) is 10.2 Å². The molecular formula is C27H30FN3O4S. The number of hydrogen-bond donors (Lipinski definition) is 1. The number of carbonyl (C=O) groups is 2. The highest BCUT2D eigenvalue weighted by Gasteiger charge is 2.33. The molecular weight excluding hydrogens is 481 g/mol. The molecule has 1 N–H and O–H groups in total. The van der Waals surface area contributed by atoms with E-state index in [9.17, 15) is 22.4 Å². The van der Waals surface area contributed by atoms with Crippen LogP contribution < -0.4 is 9.62 Å². The number of aryl methyl sites for hydroxylation is 1. The van der Waals surface area contributed by atoms with Gasteiger partial charge < -0.3 is 10.2 Å². The molecule has 0 unspecified atom stereocenters. The molecule has 0 aliphatic rings. The molecule has 0 bridgehead atoms. The van der Waals surface area contributed by atoms with E-state index in [1.807, 2.05) is 31.2 Å². The van der Waals surface area contributed by atoms with Gasteiger partial charge in [-0.1, -0.05) is 49.4 Å². The van der Waals surface area contributed by atoms with E-state index in [-0.39, 0.29) is 23.0 Å². The van der Waals surface area contributed by atoms with Crippen molar-refractivity contribution in [2.45, 2.75) is 37.8 Å². The number of benzene rings is 3. The van der Waals surface area contributed by atoms with Gasteiger partial charge in [-0.15, -0.1) is 0 Å². The van der Waals surface area contributed by atoms with Crippen LogP contribution in [0.15, 0.2) is 83.8 Å². The minimum absolute atomic E-state index is 0.00841. The van der Waals surface area contributed by atoms with E-state index in [0.717, 1.165) is 27.6 Å². The molecule has 36 heavy (non-hydrogen) atoms. The van der Waals surface area contributed by atoms with Crippen LogP contribution in [0.1, 0.15) is 24.5 Å². The number of nitrogens with one attached hydrogen (secondary N) is 1. The van der Waals surface area contributed by atoms with Gasteiger partial charge in [-0.05, 0) is 60.9 Å². The van der Waals surface area contributed by atoms with E-state index in [0.29, 0.717) is 6.42 Å². The Morgan fingerprint density at radius 3 is 2.14 bits per heavy atom. The van der Waals surface area contributed by atoms with Crippen molar-refractivity contribution in [3.8, 4) is 0 Å². The highest BCUT2D eigenvalue weighted by molar-refractivity contribution is 7.92. The second kappa shape index (κ2) is 11.8. The van der Waals surface area contributed by atoms with E-state index in [2.05, 4.69) is 5.32 Å². The first-order valence-corrected chi connectivity index (χ1v) is 13.0. The molecule has 0 spiro atoms. The highest BCUT2D eigenvalue weighted by atomic mass is 32.2. The Bertz CT molecular complexity index is 1300. The van der Waals surface area contributed by atoms with Gasteiger partial charge in [0.15, 0.2) is 0 Å². The summed E-state index contributed by atoms with van der Waals surface area (Å²) in [5, 5.41) is 2.59. The van der Waals surface area contributed by atoms with Crippen molar-refractivity contribution in [1.29, 1.82) is 0 Å². The van der Waals surface area contributed by atoms with Crippen LogP contribution in [0.2, 0.25) is 0 Å². The summed E-state index contributed by atoms with van der Waals surface area (Å²) in [5.41, 5.74) is 1.92. The monoisotopic (exact) mass is 511 g/mol. The van der Waals surface area contributed by atoms with E-state index >= 15 is 0 Å². The molecule has 0 heterocycles. The first kappa shape index (κ1) is 26.9. The first-order chi connectivity index (χ1) is 17.2. The Hall–Kier alpha value is -3.72. The maximum Gasteiger partial charge on any atom is 0.264 e. The third-order valence-electron chi connectivity index (χ3n) is 5.96. The van der Waals surface area contributed by atoms with Crippen LogP contribution in [0.25, 0.3) is 0 Å². The third kappa shape index (κ3) is 6.09. The molecule has 0 radical (unpaired) electrons. The van der Waals surface area contributed by atoms with Crippen molar-refractivity contribution >= 4 is 27.5 Å². The molecule has 3 aromatic carbocycles. The highest BCUT2D eigenvalue weighted by Crippen LogP contribution is 2.25. The SMILES string of the molecule is CC[C@H](C(=O)NC)N(Cc1ccccc1C)C(=O)CN(c1ccc(F)cc1)S(=O)(=O)c1ccccc1. The van der Waals surface area contributed by atoms with Gasteiger partial charge in [-0.2, -0.15) is 0 Å². The lowest BCUT2D eigenvalue weighted by Crippen LogP contribution is -2.51. The van der Waals surface area contributed by atoms with Gasteiger partial charge in [-0.3, -0.25) is 13.9 Å². The van der Waals surface area contributed by atoms with Gasteiger partial charge in [0.25, 0.3) is 10.0 Å². The lowest BCUT2D eigenvalue weighted by molar-refractivity contribution is -0.140. The molecule has 1 atom stereocenters. The van der Waals surface area contributed by atoms with Crippen LogP contribution in [0, 0.1) is 12.7 Å². The molecule has 0 saturated heterocycles. The van der Waals surface area contributed by atoms with E-state index < -0.39 is 34.3 Å². The smallest absolute Gasteiger partial charge is 0.264 e. The van der Waals surface area contributed by atoms with Crippen molar-refractivity contribution in [2.24, 2.45) is 0 Å². The maximum absolute atomic E-state index is 13.8. The second-order valence-corrected chi connectivity index (χ2v) is 10.1. The Balaban J connectivity index is 2.05. The fraction of sp³-hybridized carbons (Fsp3) is 0.259. The van der Waals surface area contributed by atoms with Crippen LogP contribution >= 0.6 is 0 Å². The number of nitrogens with zero attached hydrogens (tertiary/aromatic N) is 2. The summed E-state index contributed by atoms with van der Waals surface area (Å²) < 4.78 is 41.8. The predicted molar refractivity (Wildman–Crippen MR) is 137 cm³/mol. The molecule has 7 nitrogen and oxygen atoms in total. The number of carbonyl (C=O) groups excluding carboxylic acids is 2. The van der Waals surface area contributed by atoms with Crippen molar-refractivity contribution in [2.75, 3.05) is 17.9 Å². The zero-order valence-corrected chi connectivity index (χ0v) is 21.3. The Labute approximate surface area is 211 Å². The maximum atomic E-state index is 13.8. The number of sulfonamides is 1. The van der Waals surface area contributed by atoms with Crippen molar-refractivity contribution in [3.05, 3.63) is 95.8 Å². The summed E-state index contributed by atoms with van der Waals surface area (Å²) in [5.74, 6) is -1.44. The molecule has 9 heteroatoms. The van der Waals surface area contributed by atoms with Crippen molar-refractivity contribution < 1.29 is 22.4 Å². The average molecular weight is 512 g/mol. The van der Waals surface area contributed by atoms with Gasteiger partial charge in [0.05, 0.1) is 10.6 Å². The normalized spacial score (nSPS) is 12.0. The Kier molecular flexibility index (Phi) is 8.82. The Morgan fingerprint density at radius 2 is 1.56 bits per heavy atom. The molecule has 0 aliphatic heterocycles. The number of likely N-dealkylation sites (N-methyl/N-ethyl adjacent to an activating group) is 1. The summed E-state index contributed by atoms with van der Waals surface area (Å²) in [6.07, 6.45) is 0.333. The number of anilines is 1. The lowest BCUT2D eigenvalue weighted by Gasteiger charge is -2.33. The number of halogens is 1. The van der Waals surface area contributed by atoms with Crippen LogP contribution in [0.5, 0.6) is 0 Å². The first-order valence-electron chi connectivity index (χ1n) is 11.6. The minimum atomic E-state index is -4.17. The number of rotatable bonds is 10. The number of amides is 2. The summed E-state index contributed by atoms with van der Waals surface area (Å²) in [6.45, 7) is 3.25. The second-order valence-electron chi connectivity index (χ2n) is 8.29. The van der Waals surface area contributed by atoms with E-state index in [1.54, 1.807) is 25.1 Å². The molecule has 0 aromatic heterocycles. The van der Waals surface area contributed by atoms with E-state index in [4.69, 9.17) is 0 Å². The van der Waals surface area contributed by atoms with Crippen LogP contribution in [0.3, 0.4) is 0 Å². The number of hydrogen-bond acceptors (Lipinski definition) is 4. The van der Waals surface area contributed by atoms with Gasteiger partial charge >= 0.3 is 0 Å². The predicted octanol–water partition coefficient (Wildman–Crippen LogP) is 3.88. The molecule has 3 aromatic rings. The van der Waals surface area contributed by atoms with Crippen LogP contribution in [-0.4, -0.2) is 44.8 Å². The topological polar surface area (TPSA) is 86.8 Å². The Morgan fingerprint density at radius 1 is 0.944 bits per heavy atom. The zero-order chi connectivity index (χ0) is 26.3. The quantitative estimate of drug-likeness (QED) is 0.448. The molecule has 2 amide bonds. The van der Waals surface area contributed by atoms with Gasteiger partial charge in [0, 0.05) is 13.6 Å². The zero-order valence-electron chi connectivity index (χ0n) is 20.5.